The van der Waals surface area contributed by atoms with Crippen LogP contribution < -0.4 is 0 Å². The van der Waals surface area contributed by atoms with Crippen LogP contribution in [0, 0.1) is 17.8 Å². The monoisotopic (exact) mass is 138 g/mol. The minimum absolute atomic E-state index is 0.465. The quantitative estimate of drug-likeness (QED) is 0.541. The highest BCUT2D eigenvalue weighted by Crippen LogP contribution is 2.49. The number of carbonyl (C=O) groups is 1. The van der Waals surface area contributed by atoms with Gasteiger partial charge in [0.05, 0.1) is 0 Å². The standard InChI is InChI=1S/C9H14O/c1-2-6-7-4-3-5-8(7)9(6)10/h6-8H,2-5H2,1H3. The second-order valence-corrected chi connectivity index (χ2v) is 3.62. The number of Topliss-reactive ketones (excluding diaryl/α,β-unsaturated/α-hetero) is 1. The molecule has 0 radical (unpaired) electrons. The van der Waals surface area contributed by atoms with Gasteiger partial charge in [-0.05, 0) is 25.2 Å². The second kappa shape index (κ2) is 2.08. The van der Waals surface area contributed by atoms with Gasteiger partial charge in [0.1, 0.15) is 5.78 Å². The summed E-state index contributed by atoms with van der Waals surface area (Å²) in [6.07, 6.45) is 4.91. The van der Waals surface area contributed by atoms with E-state index in [1.807, 2.05) is 0 Å². The van der Waals surface area contributed by atoms with Gasteiger partial charge < -0.3 is 0 Å². The number of ketones is 1. The van der Waals surface area contributed by atoms with Gasteiger partial charge in [0.25, 0.3) is 0 Å². The highest BCUT2D eigenvalue weighted by molar-refractivity contribution is 5.90. The van der Waals surface area contributed by atoms with Gasteiger partial charge in [0.15, 0.2) is 0 Å². The Bertz CT molecular complexity index is 162. The molecule has 2 saturated carbocycles. The average Bonchev–Trinajstić information content (AvgIpc) is 2.33. The maximum Gasteiger partial charge on any atom is 0.139 e. The summed E-state index contributed by atoms with van der Waals surface area (Å²) in [5.41, 5.74) is 0. The SMILES string of the molecule is CCC1C(=O)C2CCCC12. The van der Waals surface area contributed by atoms with Crippen molar-refractivity contribution >= 4 is 5.78 Å². The number of fused-ring (bicyclic) bond motifs is 1. The Labute approximate surface area is 61.8 Å². The second-order valence-electron chi connectivity index (χ2n) is 3.62. The van der Waals surface area contributed by atoms with E-state index in [1.54, 1.807) is 0 Å². The van der Waals surface area contributed by atoms with E-state index in [0.717, 1.165) is 12.3 Å². The summed E-state index contributed by atoms with van der Waals surface area (Å²) in [7, 11) is 0. The molecule has 2 aliphatic rings. The number of hydrogen-bond donors (Lipinski definition) is 0. The van der Waals surface area contributed by atoms with Crippen molar-refractivity contribution in [3.8, 4) is 0 Å². The van der Waals surface area contributed by atoms with Gasteiger partial charge in [-0.2, -0.15) is 0 Å². The third kappa shape index (κ3) is 0.609. The minimum Gasteiger partial charge on any atom is -0.299 e. The van der Waals surface area contributed by atoms with Crippen LogP contribution in [0.5, 0.6) is 0 Å². The highest BCUT2D eigenvalue weighted by atomic mass is 16.1. The molecule has 0 aromatic rings. The molecule has 0 bridgehead atoms. The summed E-state index contributed by atoms with van der Waals surface area (Å²) in [6, 6.07) is 0. The Kier molecular flexibility index (Phi) is 1.33. The van der Waals surface area contributed by atoms with E-state index in [-0.39, 0.29) is 0 Å². The first kappa shape index (κ1) is 6.38. The van der Waals surface area contributed by atoms with Gasteiger partial charge in [-0.1, -0.05) is 13.3 Å². The molecule has 2 fully saturated rings. The van der Waals surface area contributed by atoms with Crippen LogP contribution in [0.4, 0.5) is 0 Å². The smallest absolute Gasteiger partial charge is 0.139 e. The lowest BCUT2D eigenvalue weighted by Gasteiger charge is -2.37. The molecule has 3 atom stereocenters. The number of rotatable bonds is 1. The first-order valence-corrected chi connectivity index (χ1v) is 4.38. The van der Waals surface area contributed by atoms with Crippen molar-refractivity contribution in [2.24, 2.45) is 17.8 Å². The van der Waals surface area contributed by atoms with Gasteiger partial charge in [0.2, 0.25) is 0 Å². The van der Waals surface area contributed by atoms with Crippen molar-refractivity contribution in [3.05, 3.63) is 0 Å². The lowest BCUT2D eigenvalue weighted by atomic mass is 9.64. The van der Waals surface area contributed by atoms with E-state index < -0.39 is 0 Å². The van der Waals surface area contributed by atoms with E-state index in [4.69, 9.17) is 0 Å². The molecule has 2 aliphatic carbocycles. The van der Waals surface area contributed by atoms with Crippen molar-refractivity contribution in [1.29, 1.82) is 0 Å². The number of carbonyl (C=O) groups excluding carboxylic acids is 1. The third-order valence-electron chi connectivity index (χ3n) is 3.26. The van der Waals surface area contributed by atoms with E-state index in [2.05, 4.69) is 6.92 Å². The van der Waals surface area contributed by atoms with Crippen molar-refractivity contribution in [2.75, 3.05) is 0 Å². The maximum absolute atomic E-state index is 11.3. The summed E-state index contributed by atoms with van der Waals surface area (Å²) in [5.74, 6) is 2.35. The third-order valence-corrected chi connectivity index (χ3v) is 3.26. The Hall–Kier alpha value is -0.330. The van der Waals surface area contributed by atoms with Gasteiger partial charge in [0, 0.05) is 11.8 Å². The van der Waals surface area contributed by atoms with Crippen molar-refractivity contribution in [2.45, 2.75) is 32.6 Å². The van der Waals surface area contributed by atoms with Crippen molar-refractivity contribution in [3.63, 3.8) is 0 Å². The van der Waals surface area contributed by atoms with Crippen LogP contribution in [0.25, 0.3) is 0 Å². The molecule has 0 spiro atoms. The van der Waals surface area contributed by atoms with Crippen molar-refractivity contribution < 1.29 is 4.79 Å². The fourth-order valence-electron chi connectivity index (χ4n) is 2.69. The van der Waals surface area contributed by atoms with Gasteiger partial charge in [-0.15, -0.1) is 0 Å². The van der Waals surface area contributed by atoms with E-state index >= 15 is 0 Å². The Morgan fingerprint density at radius 1 is 1.50 bits per heavy atom. The first-order valence-electron chi connectivity index (χ1n) is 4.38. The van der Waals surface area contributed by atoms with Crippen LogP contribution in [0.2, 0.25) is 0 Å². The molecule has 0 saturated heterocycles. The van der Waals surface area contributed by atoms with Crippen LogP contribution in [-0.4, -0.2) is 5.78 Å². The fourth-order valence-corrected chi connectivity index (χ4v) is 2.69. The molecule has 56 valence electrons. The van der Waals surface area contributed by atoms with Crippen molar-refractivity contribution in [1.82, 2.24) is 0 Å². The zero-order chi connectivity index (χ0) is 7.14. The van der Waals surface area contributed by atoms with Crippen LogP contribution in [0.1, 0.15) is 32.6 Å². The molecule has 10 heavy (non-hydrogen) atoms. The molecule has 0 aliphatic heterocycles. The summed E-state index contributed by atoms with van der Waals surface area (Å²) >= 11 is 0. The lowest BCUT2D eigenvalue weighted by molar-refractivity contribution is -0.140. The zero-order valence-corrected chi connectivity index (χ0v) is 6.47. The zero-order valence-electron chi connectivity index (χ0n) is 6.47. The van der Waals surface area contributed by atoms with Crippen LogP contribution >= 0.6 is 0 Å². The van der Waals surface area contributed by atoms with Crippen LogP contribution in [0.15, 0.2) is 0 Å². The summed E-state index contributed by atoms with van der Waals surface area (Å²) in [4.78, 5) is 11.3. The summed E-state index contributed by atoms with van der Waals surface area (Å²) < 4.78 is 0. The normalized spacial score (nSPS) is 44.9. The van der Waals surface area contributed by atoms with Gasteiger partial charge in [-0.25, -0.2) is 0 Å². The molecule has 1 heteroatoms. The summed E-state index contributed by atoms with van der Waals surface area (Å²) in [5, 5.41) is 0. The van der Waals surface area contributed by atoms with Gasteiger partial charge >= 0.3 is 0 Å². The minimum atomic E-state index is 0.465. The molecular weight excluding hydrogens is 124 g/mol. The maximum atomic E-state index is 11.3. The molecule has 1 nitrogen and oxygen atoms in total. The summed E-state index contributed by atoms with van der Waals surface area (Å²) in [6.45, 7) is 2.14. The van der Waals surface area contributed by atoms with E-state index in [1.165, 1.54) is 19.3 Å². The molecule has 0 N–H and O–H groups in total. The van der Waals surface area contributed by atoms with Crippen LogP contribution in [0.3, 0.4) is 0 Å². The molecule has 3 unspecified atom stereocenters. The van der Waals surface area contributed by atoms with E-state index in [0.29, 0.717) is 17.6 Å². The molecule has 0 amide bonds. The molecule has 0 heterocycles. The predicted molar refractivity (Wildman–Crippen MR) is 39.6 cm³/mol. The Balaban J connectivity index is 2.08. The molecular formula is C9H14O. The molecule has 0 aromatic carbocycles. The average molecular weight is 138 g/mol. The highest BCUT2D eigenvalue weighted by Gasteiger charge is 2.50. The first-order chi connectivity index (χ1) is 4.84. The molecule has 0 aromatic heterocycles. The van der Waals surface area contributed by atoms with E-state index in [9.17, 15) is 4.79 Å². The largest absolute Gasteiger partial charge is 0.299 e. The van der Waals surface area contributed by atoms with Crippen LogP contribution in [-0.2, 0) is 4.79 Å². The topological polar surface area (TPSA) is 17.1 Å². The Morgan fingerprint density at radius 2 is 2.30 bits per heavy atom. The lowest BCUT2D eigenvalue weighted by Crippen LogP contribution is -2.43. The fraction of sp³-hybridized carbons (Fsp3) is 0.889. The number of hydrogen-bond acceptors (Lipinski definition) is 1. The molecule has 2 rings (SSSR count). The van der Waals surface area contributed by atoms with Gasteiger partial charge in [-0.3, -0.25) is 4.79 Å². The predicted octanol–water partition coefficient (Wildman–Crippen LogP) is 2.01. The Morgan fingerprint density at radius 3 is 3.00 bits per heavy atom.